The Kier molecular flexibility index (Phi) is 6.92. The van der Waals surface area contributed by atoms with E-state index in [9.17, 15) is 0 Å². The number of methoxy groups -OCH3 is 1. The molecule has 0 bridgehead atoms. The van der Waals surface area contributed by atoms with E-state index in [4.69, 9.17) is 15.5 Å². The Labute approximate surface area is 149 Å². The number of nitrogens with zero attached hydrogens (tertiary/aromatic N) is 3. The molecule has 6 heteroatoms. The zero-order valence-corrected chi connectivity index (χ0v) is 16.4. The summed E-state index contributed by atoms with van der Waals surface area (Å²) in [5.74, 6) is 3.86. The molecule has 0 aliphatic carbocycles. The molecule has 0 aliphatic heterocycles. The molecule has 2 aromatic heterocycles. The fourth-order valence-corrected chi connectivity index (χ4v) is 3.86. The van der Waals surface area contributed by atoms with Gasteiger partial charge in [-0.05, 0) is 50.7 Å². The number of unbranched alkanes of at least 4 members (excludes halogenated alkanes) is 1. The van der Waals surface area contributed by atoms with Gasteiger partial charge in [0.1, 0.15) is 17.4 Å². The van der Waals surface area contributed by atoms with Crippen LogP contribution in [-0.2, 0) is 11.3 Å². The van der Waals surface area contributed by atoms with Gasteiger partial charge < -0.3 is 15.0 Å². The van der Waals surface area contributed by atoms with Crippen LogP contribution in [0.5, 0.6) is 0 Å². The molecule has 0 aromatic carbocycles. The molecule has 0 fully saturated rings. The van der Waals surface area contributed by atoms with Crippen molar-refractivity contribution in [2.75, 3.05) is 24.3 Å². The van der Waals surface area contributed by atoms with Gasteiger partial charge >= 0.3 is 0 Å². The Morgan fingerprint density at radius 3 is 2.58 bits per heavy atom. The van der Waals surface area contributed by atoms with Crippen LogP contribution in [0.15, 0.2) is 0 Å². The SMILES string of the molecule is CCCCSCCCn1c(C(C)OC)nc2c(N)nc(C)c(C)c21. The second-order valence-corrected chi connectivity index (χ2v) is 7.45. The Morgan fingerprint density at radius 1 is 1.21 bits per heavy atom. The van der Waals surface area contributed by atoms with Gasteiger partial charge in [-0.2, -0.15) is 11.8 Å². The number of nitrogens with two attached hydrogens (primary N) is 1. The number of pyridine rings is 1. The maximum Gasteiger partial charge on any atom is 0.151 e. The summed E-state index contributed by atoms with van der Waals surface area (Å²) in [5.41, 5.74) is 10.2. The molecule has 2 heterocycles. The summed E-state index contributed by atoms with van der Waals surface area (Å²) in [6, 6.07) is 0. The van der Waals surface area contributed by atoms with Gasteiger partial charge in [-0.15, -0.1) is 0 Å². The lowest BCUT2D eigenvalue weighted by Crippen LogP contribution is -2.10. The third kappa shape index (κ3) is 4.03. The summed E-state index contributed by atoms with van der Waals surface area (Å²) in [5, 5.41) is 0. The maximum atomic E-state index is 6.13. The Morgan fingerprint density at radius 2 is 1.92 bits per heavy atom. The minimum atomic E-state index is -0.0655. The molecule has 0 radical (unpaired) electrons. The minimum absolute atomic E-state index is 0.0655. The largest absolute Gasteiger partial charge is 0.382 e. The van der Waals surface area contributed by atoms with E-state index in [0.717, 1.165) is 41.1 Å². The predicted molar refractivity (Wildman–Crippen MR) is 104 cm³/mol. The minimum Gasteiger partial charge on any atom is -0.382 e. The average Bonchev–Trinajstić information content (AvgIpc) is 2.95. The number of aryl methyl sites for hydroxylation is 3. The van der Waals surface area contributed by atoms with E-state index in [1.165, 1.54) is 24.3 Å². The number of imidazole rings is 1. The van der Waals surface area contributed by atoms with Gasteiger partial charge in [0.15, 0.2) is 5.82 Å². The number of rotatable bonds is 9. The predicted octanol–water partition coefficient (Wildman–Crippen LogP) is 4.26. The number of aromatic nitrogens is 3. The number of thioether (sulfide) groups is 1. The molecular formula is C18H30N4OS. The van der Waals surface area contributed by atoms with E-state index in [0.29, 0.717) is 5.82 Å². The van der Waals surface area contributed by atoms with Gasteiger partial charge in [-0.25, -0.2) is 9.97 Å². The molecule has 2 N–H and O–H groups in total. The number of nitrogen functional groups attached to an aromatic ring is 1. The molecule has 0 amide bonds. The summed E-state index contributed by atoms with van der Waals surface area (Å²) in [6.07, 6.45) is 3.61. The van der Waals surface area contributed by atoms with Crippen molar-refractivity contribution < 1.29 is 4.74 Å². The molecule has 5 nitrogen and oxygen atoms in total. The van der Waals surface area contributed by atoms with Crippen molar-refractivity contribution in [2.24, 2.45) is 0 Å². The monoisotopic (exact) mass is 350 g/mol. The van der Waals surface area contributed by atoms with Gasteiger partial charge in [-0.1, -0.05) is 13.3 Å². The zero-order valence-electron chi connectivity index (χ0n) is 15.6. The number of hydrogen-bond acceptors (Lipinski definition) is 5. The summed E-state index contributed by atoms with van der Waals surface area (Å²) in [7, 11) is 1.72. The topological polar surface area (TPSA) is 66.0 Å². The van der Waals surface area contributed by atoms with Crippen LogP contribution in [0.4, 0.5) is 5.82 Å². The van der Waals surface area contributed by atoms with Crippen molar-refractivity contribution in [1.29, 1.82) is 0 Å². The van der Waals surface area contributed by atoms with Crippen molar-refractivity contribution in [1.82, 2.24) is 14.5 Å². The number of anilines is 1. The first kappa shape index (κ1) is 19.1. The molecular weight excluding hydrogens is 320 g/mol. The van der Waals surface area contributed by atoms with Crippen LogP contribution < -0.4 is 5.73 Å². The second kappa shape index (κ2) is 8.72. The standard InChI is InChI=1S/C18H30N4OS/c1-6-7-10-24-11-8-9-22-16-12(2)13(3)20-17(19)15(16)21-18(22)14(4)23-5/h14H,6-11H2,1-5H3,(H2,19,20). The van der Waals surface area contributed by atoms with Gasteiger partial charge in [0.05, 0.1) is 5.52 Å². The first-order chi connectivity index (χ1) is 11.5. The lowest BCUT2D eigenvalue weighted by Gasteiger charge is -2.14. The first-order valence-electron chi connectivity index (χ1n) is 8.74. The van der Waals surface area contributed by atoms with Crippen molar-refractivity contribution in [3.63, 3.8) is 0 Å². The smallest absolute Gasteiger partial charge is 0.151 e. The third-order valence-electron chi connectivity index (χ3n) is 4.46. The highest BCUT2D eigenvalue weighted by atomic mass is 32.2. The van der Waals surface area contributed by atoms with E-state index >= 15 is 0 Å². The molecule has 134 valence electrons. The molecule has 0 aliphatic rings. The normalized spacial score (nSPS) is 12.9. The lowest BCUT2D eigenvalue weighted by molar-refractivity contribution is 0.109. The van der Waals surface area contributed by atoms with E-state index < -0.39 is 0 Å². The van der Waals surface area contributed by atoms with Crippen LogP contribution in [0.25, 0.3) is 11.0 Å². The van der Waals surface area contributed by atoms with Crippen molar-refractivity contribution >= 4 is 28.6 Å². The van der Waals surface area contributed by atoms with Crippen LogP contribution in [0, 0.1) is 13.8 Å². The summed E-state index contributed by atoms with van der Waals surface area (Å²) < 4.78 is 7.81. The number of hydrogen-bond donors (Lipinski definition) is 1. The van der Waals surface area contributed by atoms with Crippen molar-refractivity contribution in [3.8, 4) is 0 Å². The quantitative estimate of drug-likeness (QED) is 0.684. The fraction of sp³-hybridized carbons (Fsp3) is 0.667. The van der Waals surface area contributed by atoms with Crippen LogP contribution in [0.2, 0.25) is 0 Å². The zero-order chi connectivity index (χ0) is 17.7. The summed E-state index contributed by atoms with van der Waals surface area (Å²) >= 11 is 2.03. The van der Waals surface area contributed by atoms with E-state index in [2.05, 4.69) is 23.4 Å². The Balaban J connectivity index is 2.30. The van der Waals surface area contributed by atoms with Crippen molar-refractivity contribution in [3.05, 3.63) is 17.1 Å². The Hall–Kier alpha value is -1.27. The fourth-order valence-electron chi connectivity index (χ4n) is 2.83. The van der Waals surface area contributed by atoms with Gasteiger partial charge in [-0.3, -0.25) is 0 Å². The van der Waals surface area contributed by atoms with E-state index in [1.54, 1.807) is 7.11 Å². The molecule has 1 unspecified atom stereocenters. The van der Waals surface area contributed by atoms with Crippen LogP contribution in [0.3, 0.4) is 0 Å². The van der Waals surface area contributed by atoms with Crippen LogP contribution >= 0.6 is 11.8 Å². The Bertz CT molecular complexity index is 683. The highest BCUT2D eigenvalue weighted by Gasteiger charge is 2.20. The van der Waals surface area contributed by atoms with Gasteiger partial charge in [0.25, 0.3) is 0 Å². The average molecular weight is 351 g/mol. The highest BCUT2D eigenvalue weighted by molar-refractivity contribution is 7.99. The van der Waals surface area contributed by atoms with E-state index in [-0.39, 0.29) is 6.10 Å². The molecule has 0 saturated heterocycles. The van der Waals surface area contributed by atoms with Crippen LogP contribution in [0.1, 0.15) is 56.3 Å². The second-order valence-electron chi connectivity index (χ2n) is 6.22. The molecule has 24 heavy (non-hydrogen) atoms. The third-order valence-corrected chi connectivity index (χ3v) is 5.61. The number of fused-ring (bicyclic) bond motifs is 1. The highest BCUT2D eigenvalue weighted by Crippen LogP contribution is 2.29. The number of ether oxygens (including phenoxy) is 1. The summed E-state index contributed by atoms with van der Waals surface area (Å²) in [6.45, 7) is 9.30. The van der Waals surface area contributed by atoms with Crippen LogP contribution in [-0.4, -0.2) is 33.2 Å². The van der Waals surface area contributed by atoms with Gasteiger partial charge in [0, 0.05) is 19.3 Å². The first-order valence-corrected chi connectivity index (χ1v) is 9.90. The van der Waals surface area contributed by atoms with Gasteiger partial charge in [0.2, 0.25) is 0 Å². The molecule has 0 saturated carbocycles. The molecule has 2 aromatic rings. The molecule has 1 atom stereocenters. The lowest BCUT2D eigenvalue weighted by atomic mass is 10.2. The molecule has 2 rings (SSSR count). The maximum absolute atomic E-state index is 6.13. The molecule has 0 spiro atoms. The summed E-state index contributed by atoms with van der Waals surface area (Å²) in [4.78, 5) is 9.19. The van der Waals surface area contributed by atoms with E-state index in [1.807, 2.05) is 25.6 Å². The van der Waals surface area contributed by atoms with Crippen molar-refractivity contribution in [2.45, 2.75) is 59.6 Å².